The van der Waals surface area contributed by atoms with Crippen molar-refractivity contribution in [3.05, 3.63) is 65.2 Å². The van der Waals surface area contributed by atoms with Crippen LogP contribution in [0.1, 0.15) is 31.2 Å². The fraction of sp³-hybridized carbons (Fsp3) is 0.400. The van der Waals surface area contributed by atoms with E-state index in [9.17, 15) is 14.4 Å². The number of benzene rings is 2. The van der Waals surface area contributed by atoms with E-state index in [4.69, 9.17) is 11.6 Å². The number of hydrogen-bond acceptors (Lipinski definition) is 3. The molecule has 2 heterocycles. The Hall–Kier alpha value is -2.86. The fourth-order valence-corrected chi connectivity index (χ4v) is 4.57. The SMILES string of the molecule is O=C(CCc1ccccc1)NC1CCN(C(=O)C2CC(=O)N(c3ccc(Cl)cc3)C2)CC1. The fourth-order valence-electron chi connectivity index (χ4n) is 4.45. The maximum atomic E-state index is 13.0. The molecule has 0 aliphatic carbocycles. The van der Waals surface area contributed by atoms with Crippen molar-refractivity contribution in [3.63, 3.8) is 0 Å². The molecule has 0 spiro atoms. The number of anilines is 1. The van der Waals surface area contributed by atoms with Gasteiger partial charge in [-0.15, -0.1) is 0 Å². The smallest absolute Gasteiger partial charge is 0.228 e. The molecule has 2 fully saturated rings. The van der Waals surface area contributed by atoms with E-state index in [0.29, 0.717) is 31.1 Å². The number of rotatable bonds is 6. The van der Waals surface area contributed by atoms with Gasteiger partial charge in [-0.05, 0) is 49.1 Å². The molecule has 0 aromatic heterocycles. The van der Waals surface area contributed by atoms with E-state index in [2.05, 4.69) is 5.32 Å². The summed E-state index contributed by atoms with van der Waals surface area (Å²) in [4.78, 5) is 41.3. The van der Waals surface area contributed by atoms with Gasteiger partial charge in [-0.3, -0.25) is 14.4 Å². The number of piperidine rings is 1. The molecule has 0 saturated carbocycles. The molecule has 2 aromatic rings. The van der Waals surface area contributed by atoms with Crippen molar-refractivity contribution in [2.75, 3.05) is 24.5 Å². The lowest BCUT2D eigenvalue weighted by Crippen LogP contribution is -2.48. The number of nitrogens with zero attached hydrogens (tertiary/aromatic N) is 2. The number of nitrogens with one attached hydrogen (secondary N) is 1. The predicted molar refractivity (Wildman–Crippen MR) is 124 cm³/mol. The van der Waals surface area contributed by atoms with Crippen LogP contribution in [0.25, 0.3) is 0 Å². The Morgan fingerprint density at radius 2 is 1.69 bits per heavy atom. The summed E-state index contributed by atoms with van der Waals surface area (Å²) in [5.74, 6) is -0.274. The van der Waals surface area contributed by atoms with Gasteiger partial charge in [0.15, 0.2) is 0 Å². The van der Waals surface area contributed by atoms with Crippen molar-refractivity contribution < 1.29 is 14.4 Å². The van der Waals surface area contributed by atoms with Crippen molar-refractivity contribution in [1.82, 2.24) is 10.2 Å². The summed E-state index contributed by atoms with van der Waals surface area (Å²) in [7, 11) is 0. The van der Waals surface area contributed by atoms with Gasteiger partial charge in [-0.2, -0.15) is 0 Å². The van der Waals surface area contributed by atoms with Crippen LogP contribution in [0.2, 0.25) is 5.02 Å². The molecule has 2 aliphatic heterocycles. The molecular weight excluding hydrogens is 426 g/mol. The molecule has 1 N–H and O–H groups in total. The standard InChI is InChI=1S/C25H28ClN3O3/c26-20-7-9-22(10-8-20)29-17-19(16-24(29)31)25(32)28-14-12-21(13-15-28)27-23(30)11-6-18-4-2-1-3-5-18/h1-5,7-10,19,21H,6,11-17H2,(H,27,30). The zero-order valence-electron chi connectivity index (χ0n) is 18.0. The summed E-state index contributed by atoms with van der Waals surface area (Å²) in [6.07, 6.45) is 2.91. The summed E-state index contributed by atoms with van der Waals surface area (Å²) in [5.41, 5.74) is 1.92. The van der Waals surface area contributed by atoms with Crippen LogP contribution in [0, 0.1) is 5.92 Å². The highest BCUT2D eigenvalue weighted by Crippen LogP contribution is 2.28. The topological polar surface area (TPSA) is 69.7 Å². The molecule has 4 rings (SSSR count). The highest BCUT2D eigenvalue weighted by atomic mass is 35.5. The van der Waals surface area contributed by atoms with Crippen molar-refractivity contribution >= 4 is 35.0 Å². The lowest BCUT2D eigenvalue weighted by molar-refractivity contribution is -0.137. The Labute approximate surface area is 193 Å². The van der Waals surface area contributed by atoms with Crippen molar-refractivity contribution in [2.24, 2.45) is 5.92 Å². The van der Waals surface area contributed by atoms with Gasteiger partial charge in [0.1, 0.15) is 0 Å². The first kappa shape index (κ1) is 22.3. The number of amides is 3. The van der Waals surface area contributed by atoms with Crippen molar-refractivity contribution in [2.45, 2.75) is 38.1 Å². The van der Waals surface area contributed by atoms with Crippen LogP contribution in [-0.4, -0.2) is 48.3 Å². The molecule has 1 unspecified atom stereocenters. The normalized spacial score (nSPS) is 19.3. The Balaban J connectivity index is 1.22. The zero-order chi connectivity index (χ0) is 22.5. The first-order valence-corrected chi connectivity index (χ1v) is 11.6. The van der Waals surface area contributed by atoms with Gasteiger partial charge < -0.3 is 15.1 Å². The number of aryl methyl sites for hydroxylation is 1. The highest BCUT2D eigenvalue weighted by molar-refractivity contribution is 6.30. The summed E-state index contributed by atoms with van der Waals surface area (Å²) < 4.78 is 0. The van der Waals surface area contributed by atoms with Gasteiger partial charge in [0.05, 0.1) is 5.92 Å². The average molecular weight is 454 g/mol. The molecule has 0 bridgehead atoms. The largest absolute Gasteiger partial charge is 0.353 e. The minimum absolute atomic E-state index is 0.0312. The summed E-state index contributed by atoms with van der Waals surface area (Å²) in [5, 5.41) is 3.72. The molecule has 7 heteroatoms. The summed E-state index contributed by atoms with van der Waals surface area (Å²) in [6, 6.07) is 17.2. The number of hydrogen-bond donors (Lipinski definition) is 1. The third-order valence-corrected chi connectivity index (χ3v) is 6.52. The second-order valence-corrected chi connectivity index (χ2v) is 8.97. The van der Waals surface area contributed by atoms with Crippen LogP contribution in [0.5, 0.6) is 0 Å². The van der Waals surface area contributed by atoms with Crippen LogP contribution in [0.3, 0.4) is 0 Å². The van der Waals surface area contributed by atoms with E-state index in [0.717, 1.165) is 30.5 Å². The number of carbonyl (C=O) groups excluding carboxylic acids is 3. The van der Waals surface area contributed by atoms with Gasteiger partial charge in [-0.1, -0.05) is 41.9 Å². The number of likely N-dealkylation sites (tertiary alicyclic amines) is 1. The van der Waals surface area contributed by atoms with E-state index in [1.165, 1.54) is 0 Å². The lowest BCUT2D eigenvalue weighted by atomic mass is 10.0. The Kier molecular flexibility index (Phi) is 7.10. The maximum Gasteiger partial charge on any atom is 0.228 e. The second kappa shape index (κ2) is 10.2. The summed E-state index contributed by atoms with van der Waals surface area (Å²) >= 11 is 5.93. The van der Waals surface area contributed by atoms with Gasteiger partial charge in [0.25, 0.3) is 0 Å². The minimum atomic E-state index is -0.324. The lowest BCUT2D eigenvalue weighted by Gasteiger charge is -2.33. The van der Waals surface area contributed by atoms with E-state index in [1.54, 1.807) is 29.2 Å². The van der Waals surface area contributed by atoms with Gasteiger partial charge >= 0.3 is 0 Å². The van der Waals surface area contributed by atoms with Crippen LogP contribution in [-0.2, 0) is 20.8 Å². The van der Waals surface area contributed by atoms with Crippen LogP contribution < -0.4 is 10.2 Å². The third-order valence-electron chi connectivity index (χ3n) is 6.27. The molecule has 2 saturated heterocycles. The maximum absolute atomic E-state index is 13.0. The number of carbonyl (C=O) groups is 3. The molecular formula is C25H28ClN3O3. The Morgan fingerprint density at radius 1 is 1.00 bits per heavy atom. The molecule has 32 heavy (non-hydrogen) atoms. The second-order valence-electron chi connectivity index (χ2n) is 8.53. The first-order chi connectivity index (χ1) is 15.5. The minimum Gasteiger partial charge on any atom is -0.353 e. The van der Waals surface area contributed by atoms with Crippen LogP contribution >= 0.6 is 11.6 Å². The molecule has 2 aliphatic rings. The highest BCUT2D eigenvalue weighted by Gasteiger charge is 2.38. The predicted octanol–water partition coefficient (Wildman–Crippen LogP) is 3.43. The molecule has 1 atom stereocenters. The first-order valence-electron chi connectivity index (χ1n) is 11.2. The van der Waals surface area contributed by atoms with Gasteiger partial charge in [-0.25, -0.2) is 0 Å². The van der Waals surface area contributed by atoms with E-state index >= 15 is 0 Å². The van der Waals surface area contributed by atoms with E-state index in [-0.39, 0.29) is 36.1 Å². The van der Waals surface area contributed by atoms with Gasteiger partial charge in [0, 0.05) is 49.2 Å². The van der Waals surface area contributed by atoms with Gasteiger partial charge in [0.2, 0.25) is 17.7 Å². The monoisotopic (exact) mass is 453 g/mol. The van der Waals surface area contributed by atoms with Crippen molar-refractivity contribution in [3.8, 4) is 0 Å². The quantitative estimate of drug-likeness (QED) is 0.728. The Morgan fingerprint density at radius 3 is 2.38 bits per heavy atom. The van der Waals surface area contributed by atoms with Crippen LogP contribution in [0.4, 0.5) is 5.69 Å². The molecule has 6 nitrogen and oxygen atoms in total. The van der Waals surface area contributed by atoms with Crippen molar-refractivity contribution in [1.29, 1.82) is 0 Å². The third kappa shape index (κ3) is 5.49. The van der Waals surface area contributed by atoms with E-state index in [1.807, 2.05) is 35.2 Å². The zero-order valence-corrected chi connectivity index (χ0v) is 18.8. The summed E-state index contributed by atoms with van der Waals surface area (Å²) in [6.45, 7) is 1.61. The Bertz CT molecular complexity index is 956. The average Bonchev–Trinajstić information content (AvgIpc) is 3.20. The molecule has 0 radical (unpaired) electrons. The molecule has 3 amide bonds. The van der Waals surface area contributed by atoms with E-state index < -0.39 is 0 Å². The molecule has 2 aromatic carbocycles. The van der Waals surface area contributed by atoms with Crippen LogP contribution in [0.15, 0.2) is 54.6 Å². The number of halogens is 1. The molecule has 168 valence electrons.